The highest BCUT2D eigenvalue weighted by molar-refractivity contribution is 6.01. The van der Waals surface area contributed by atoms with Crippen LogP contribution in [-0.4, -0.2) is 49.3 Å². The molecule has 0 unspecified atom stereocenters. The lowest BCUT2D eigenvalue weighted by molar-refractivity contribution is -0.130. The Kier molecular flexibility index (Phi) is 12.9. The van der Waals surface area contributed by atoms with Gasteiger partial charge < -0.3 is 19.3 Å². The van der Waals surface area contributed by atoms with Gasteiger partial charge in [-0.05, 0) is 81.7 Å². The SMILES string of the molecule is COc1cccc(CCNNC(=O)[C@@]2(Cc3ccccc3CN=[N+]=[N-])N=C(c3ccc(OCCCO)cc3)O[C@H]2c2ccccc2CN=[N+]=[N-])c1. The molecule has 2 atom stereocenters. The second kappa shape index (κ2) is 18.1. The number of rotatable bonds is 18. The summed E-state index contributed by atoms with van der Waals surface area (Å²) in [7, 11) is 1.61. The summed E-state index contributed by atoms with van der Waals surface area (Å²) in [6.07, 6.45) is 0.238. The number of hydrazine groups is 1. The van der Waals surface area contributed by atoms with Crippen LogP contribution in [0.4, 0.5) is 0 Å². The lowest BCUT2D eigenvalue weighted by Crippen LogP contribution is -2.54. The molecule has 5 rings (SSSR count). The van der Waals surface area contributed by atoms with E-state index in [0.29, 0.717) is 48.4 Å². The van der Waals surface area contributed by atoms with Crippen molar-refractivity contribution in [3.8, 4) is 11.5 Å². The number of hydrogen-bond donors (Lipinski definition) is 3. The van der Waals surface area contributed by atoms with Crippen LogP contribution in [0.1, 0.15) is 45.9 Å². The largest absolute Gasteiger partial charge is 0.497 e. The second-order valence-corrected chi connectivity index (χ2v) is 11.7. The van der Waals surface area contributed by atoms with Crippen molar-refractivity contribution in [2.24, 2.45) is 15.2 Å². The summed E-state index contributed by atoms with van der Waals surface area (Å²) in [5, 5.41) is 16.7. The number of carbonyl (C=O) groups excluding carboxylic acids is 1. The van der Waals surface area contributed by atoms with E-state index in [1.807, 2.05) is 72.8 Å². The predicted molar refractivity (Wildman–Crippen MR) is 192 cm³/mol. The van der Waals surface area contributed by atoms with E-state index >= 15 is 0 Å². The number of nitrogens with one attached hydrogen (secondary N) is 2. The van der Waals surface area contributed by atoms with Crippen molar-refractivity contribution in [3.63, 3.8) is 0 Å². The van der Waals surface area contributed by atoms with Gasteiger partial charge in [-0.15, -0.1) is 0 Å². The van der Waals surface area contributed by atoms with Gasteiger partial charge in [0.15, 0.2) is 11.6 Å². The number of aliphatic hydroxyl groups excluding tert-OH is 1. The Morgan fingerprint density at radius 2 is 1.63 bits per heavy atom. The molecule has 4 aromatic carbocycles. The van der Waals surface area contributed by atoms with Gasteiger partial charge >= 0.3 is 0 Å². The number of ether oxygens (including phenoxy) is 3. The number of nitrogens with zero attached hydrogens (tertiary/aromatic N) is 7. The van der Waals surface area contributed by atoms with E-state index < -0.39 is 17.6 Å². The first-order valence-electron chi connectivity index (χ1n) is 16.4. The molecule has 1 amide bonds. The van der Waals surface area contributed by atoms with Gasteiger partial charge in [0, 0.05) is 41.4 Å². The molecule has 51 heavy (non-hydrogen) atoms. The number of aliphatic imine (C=N–C) groups is 1. The van der Waals surface area contributed by atoms with E-state index in [-0.39, 0.29) is 32.0 Å². The molecule has 1 aliphatic rings. The highest BCUT2D eigenvalue weighted by Crippen LogP contribution is 2.44. The molecule has 0 aromatic heterocycles. The molecule has 3 N–H and O–H groups in total. The summed E-state index contributed by atoms with van der Waals surface area (Å²) in [5.41, 5.74) is 27.1. The standard InChI is InChI=1S/C37H39N9O5/c1-49-32-12-6-8-26(22-32)18-19-40-44-36(48)37(23-28-9-2-3-10-29(28)24-41-45-38)34(33-13-5-4-11-30(33)25-42-46-39)51-35(43-37)27-14-16-31(17-15-27)50-21-7-20-47/h2-6,8-17,22,34,40,47H,7,18-21,23-25H2,1H3,(H,44,48)/t34-,37-/m0/s1. The third kappa shape index (κ3) is 9.15. The summed E-state index contributed by atoms with van der Waals surface area (Å²) in [5.74, 6) is 1.14. The van der Waals surface area contributed by atoms with Gasteiger partial charge in [-0.25, -0.2) is 10.4 Å². The average molecular weight is 690 g/mol. The smallest absolute Gasteiger partial charge is 0.266 e. The Morgan fingerprint density at radius 1 is 0.922 bits per heavy atom. The third-order valence-corrected chi connectivity index (χ3v) is 8.43. The van der Waals surface area contributed by atoms with Gasteiger partial charge in [0.1, 0.15) is 11.5 Å². The van der Waals surface area contributed by atoms with Crippen LogP contribution in [0.15, 0.2) is 112 Å². The van der Waals surface area contributed by atoms with Gasteiger partial charge in [0.25, 0.3) is 5.91 Å². The van der Waals surface area contributed by atoms with Gasteiger partial charge in [-0.3, -0.25) is 10.2 Å². The molecule has 4 aromatic rings. The first-order chi connectivity index (χ1) is 25.0. The number of hydrogen-bond acceptors (Lipinski definition) is 9. The fourth-order valence-corrected chi connectivity index (χ4v) is 5.87. The van der Waals surface area contributed by atoms with Crippen LogP contribution in [-0.2, 0) is 35.5 Å². The highest BCUT2D eigenvalue weighted by Gasteiger charge is 2.54. The van der Waals surface area contributed by atoms with Gasteiger partial charge in [-0.2, -0.15) is 0 Å². The van der Waals surface area contributed by atoms with E-state index in [9.17, 15) is 4.79 Å². The fraction of sp³-hybridized carbons (Fsp3) is 0.297. The van der Waals surface area contributed by atoms with Crippen molar-refractivity contribution in [1.29, 1.82) is 0 Å². The van der Waals surface area contributed by atoms with E-state index in [0.717, 1.165) is 22.4 Å². The molecule has 0 fully saturated rings. The monoisotopic (exact) mass is 689 g/mol. The average Bonchev–Trinajstić information content (AvgIpc) is 3.56. The van der Waals surface area contributed by atoms with Crippen molar-refractivity contribution < 1.29 is 24.1 Å². The number of aliphatic hydroxyl groups is 1. The molecule has 262 valence electrons. The summed E-state index contributed by atoms with van der Waals surface area (Å²) < 4.78 is 17.7. The molecule has 0 saturated carbocycles. The molecular formula is C37H39N9O5. The Morgan fingerprint density at radius 3 is 2.35 bits per heavy atom. The number of azide groups is 2. The van der Waals surface area contributed by atoms with E-state index in [2.05, 4.69) is 30.9 Å². The van der Waals surface area contributed by atoms with E-state index in [1.165, 1.54) is 0 Å². The lowest BCUT2D eigenvalue weighted by Gasteiger charge is -2.32. The predicted octanol–water partition coefficient (Wildman–Crippen LogP) is 6.44. The van der Waals surface area contributed by atoms with Crippen molar-refractivity contribution in [2.45, 2.75) is 44.0 Å². The number of benzene rings is 4. The zero-order valence-corrected chi connectivity index (χ0v) is 28.2. The molecule has 0 saturated heterocycles. The Balaban J connectivity index is 1.56. The van der Waals surface area contributed by atoms with E-state index in [1.54, 1.807) is 31.4 Å². The quantitative estimate of drug-likeness (QED) is 0.0353. The Bertz CT molecular complexity index is 1920. The lowest BCUT2D eigenvalue weighted by atomic mass is 9.80. The minimum absolute atomic E-state index is 0.0251. The van der Waals surface area contributed by atoms with Crippen LogP contribution in [0.5, 0.6) is 11.5 Å². The maximum atomic E-state index is 14.7. The molecule has 0 aliphatic carbocycles. The maximum absolute atomic E-state index is 14.7. The Labute approximate surface area is 295 Å². The second-order valence-electron chi connectivity index (χ2n) is 11.7. The van der Waals surface area contributed by atoms with Gasteiger partial charge in [0.2, 0.25) is 5.90 Å². The van der Waals surface area contributed by atoms with Crippen LogP contribution in [0, 0.1) is 0 Å². The van der Waals surface area contributed by atoms with Gasteiger partial charge in [0.05, 0.1) is 26.8 Å². The van der Waals surface area contributed by atoms with Crippen molar-refractivity contribution in [3.05, 3.63) is 151 Å². The molecule has 1 heterocycles. The summed E-state index contributed by atoms with van der Waals surface area (Å²) in [6, 6.07) is 29.6. The normalized spacial score (nSPS) is 16.2. The van der Waals surface area contributed by atoms with Crippen LogP contribution in [0.2, 0.25) is 0 Å². The minimum atomic E-state index is -1.58. The summed E-state index contributed by atoms with van der Waals surface area (Å²) in [4.78, 5) is 25.7. The molecule has 14 nitrogen and oxygen atoms in total. The summed E-state index contributed by atoms with van der Waals surface area (Å²) in [6.45, 7) is 0.913. The molecule has 0 bridgehead atoms. The Hall–Kier alpha value is -6.04. The van der Waals surface area contributed by atoms with Crippen molar-refractivity contribution in [2.75, 3.05) is 26.9 Å². The van der Waals surface area contributed by atoms with Crippen molar-refractivity contribution in [1.82, 2.24) is 10.9 Å². The van der Waals surface area contributed by atoms with Gasteiger partial charge in [-0.1, -0.05) is 70.9 Å². The number of amides is 1. The van der Waals surface area contributed by atoms with E-state index in [4.69, 9.17) is 35.4 Å². The molecule has 0 spiro atoms. The topological polar surface area (TPSA) is 199 Å². The number of methoxy groups -OCH3 is 1. The molecule has 1 aliphatic heterocycles. The molecular weight excluding hydrogens is 650 g/mol. The zero-order valence-electron chi connectivity index (χ0n) is 28.2. The van der Waals surface area contributed by atoms with Crippen LogP contribution in [0.25, 0.3) is 20.9 Å². The molecule has 0 radical (unpaired) electrons. The van der Waals surface area contributed by atoms with Crippen LogP contribution < -0.4 is 20.3 Å². The highest BCUT2D eigenvalue weighted by atomic mass is 16.5. The van der Waals surface area contributed by atoms with Crippen LogP contribution >= 0.6 is 0 Å². The number of carbonyl (C=O) groups is 1. The van der Waals surface area contributed by atoms with Crippen LogP contribution in [0.3, 0.4) is 0 Å². The van der Waals surface area contributed by atoms with Crippen molar-refractivity contribution >= 4 is 11.8 Å². The zero-order chi connectivity index (χ0) is 35.9. The fourth-order valence-electron chi connectivity index (χ4n) is 5.87. The minimum Gasteiger partial charge on any atom is -0.497 e. The molecule has 14 heteroatoms. The first kappa shape index (κ1) is 36.2. The first-order valence-corrected chi connectivity index (χ1v) is 16.4. The summed E-state index contributed by atoms with van der Waals surface area (Å²) >= 11 is 0. The maximum Gasteiger partial charge on any atom is 0.266 e. The third-order valence-electron chi connectivity index (χ3n) is 8.43.